The van der Waals surface area contributed by atoms with Crippen molar-refractivity contribution in [2.75, 3.05) is 5.32 Å². The molecule has 0 bridgehead atoms. The van der Waals surface area contributed by atoms with Gasteiger partial charge in [0.25, 0.3) is 0 Å². The minimum atomic E-state index is 0.136. The van der Waals surface area contributed by atoms with E-state index < -0.39 is 0 Å². The van der Waals surface area contributed by atoms with Crippen LogP contribution < -0.4 is 11.1 Å². The molecule has 0 saturated heterocycles. The summed E-state index contributed by atoms with van der Waals surface area (Å²) in [5.41, 5.74) is 9.92. The molecule has 88 valence electrons. The molecule has 3 nitrogen and oxygen atoms in total. The van der Waals surface area contributed by atoms with E-state index in [1.165, 1.54) is 11.1 Å². The summed E-state index contributed by atoms with van der Waals surface area (Å²) in [5.74, 6) is 0. The SMILES string of the molecule is Cc1csc(NC2c3ccccc3CC2N)n1. The molecule has 17 heavy (non-hydrogen) atoms. The maximum absolute atomic E-state index is 6.20. The van der Waals surface area contributed by atoms with Gasteiger partial charge in [0.15, 0.2) is 5.13 Å². The lowest BCUT2D eigenvalue weighted by molar-refractivity contribution is 0.625. The van der Waals surface area contributed by atoms with Crippen LogP contribution in [0, 0.1) is 6.92 Å². The van der Waals surface area contributed by atoms with Gasteiger partial charge < -0.3 is 11.1 Å². The summed E-state index contributed by atoms with van der Waals surface area (Å²) in [6.45, 7) is 2.00. The summed E-state index contributed by atoms with van der Waals surface area (Å²) in [6.07, 6.45) is 0.943. The molecule has 2 aromatic rings. The average molecular weight is 245 g/mol. The number of nitrogens with one attached hydrogen (secondary N) is 1. The quantitative estimate of drug-likeness (QED) is 0.854. The Morgan fingerprint density at radius 1 is 1.41 bits per heavy atom. The number of hydrogen-bond donors (Lipinski definition) is 2. The number of hydrogen-bond acceptors (Lipinski definition) is 4. The fraction of sp³-hybridized carbons (Fsp3) is 0.308. The van der Waals surface area contributed by atoms with Crippen molar-refractivity contribution in [2.24, 2.45) is 5.73 Å². The smallest absolute Gasteiger partial charge is 0.183 e. The van der Waals surface area contributed by atoms with Crippen LogP contribution in [0.25, 0.3) is 0 Å². The third kappa shape index (κ3) is 1.94. The van der Waals surface area contributed by atoms with Crippen molar-refractivity contribution in [2.45, 2.75) is 25.4 Å². The van der Waals surface area contributed by atoms with E-state index in [4.69, 9.17) is 5.73 Å². The topological polar surface area (TPSA) is 50.9 Å². The van der Waals surface area contributed by atoms with Crippen molar-refractivity contribution < 1.29 is 0 Å². The molecule has 0 radical (unpaired) electrons. The van der Waals surface area contributed by atoms with E-state index in [-0.39, 0.29) is 12.1 Å². The number of benzene rings is 1. The monoisotopic (exact) mass is 245 g/mol. The van der Waals surface area contributed by atoms with Crippen LogP contribution in [0.4, 0.5) is 5.13 Å². The summed E-state index contributed by atoms with van der Waals surface area (Å²) in [4.78, 5) is 4.43. The van der Waals surface area contributed by atoms with Crippen LogP contribution in [0.2, 0.25) is 0 Å². The minimum absolute atomic E-state index is 0.136. The molecule has 0 saturated carbocycles. The highest BCUT2D eigenvalue weighted by atomic mass is 32.1. The highest BCUT2D eigenvalue weighted by Gasteiger charge is 2.29. The van der Waals surface area contributed by atoms with Gasteiger partial charge in [0.1, 0.15) is 0 Å². The van der Waals surface area contributed by atoms with E-state index >= 15 is 0 Å². The molecule has 1 heterocycles. The molecule has 0 spiro atoms. The van der Waals surface area contributed by atoms with Crippen LogP contribution in [-0.2, 0) is 6.42 Å². The van der Waals surface area contributed by atoms with Crippen LogP contribution in [0.15, 0.2) is 29.6 Å². The first-order chi connectivity index (χ1) is 8.24. The molecule has 0 aliphatic heterocycles. The zero-order chi connectivity index (χ0) is 11.8. The van der Waals surface area contributed by atoms with E-state index in [0.717, 1.165) is 17.2 Å². The normalized spacial score (nSPS) is 22.5. The van der Waals surface area contributed by atoms with Crippen LogP contribution >= 0.6 is 11.3 Å². The van der Waals surface area contributed by atoms with E-state index in [1.807, 2.05) is 6.92 Å². The highest BCUT2D eigenvalue weighted by molar-refractivity contribution is 7.13. The maximum atomic E-state index is 6.20. The lowest BCUT2D eigenvalue weighted by atomic mass is 10.1. The molecule has 1 aliphatic rings. The van der Waals surface area contributed by atoms with Crippen molar-refractivity contribution in [3.8, 4) is 0 Å². The number of thiazole rings is 1. The van der Waals surface area contributed by atoms with Crippen LogP contribution in [-0.4, -0.2) is 11.0 Å². The molecule has 1 aromatic heterocycles. The zero-order valence-corrected chi connectivity index (χ0v) is 10.5. The average Bonchev–Trinajstić information content (AvgIpc) is 2.85. The largest absolute Gasteiger partial charge is 0.353 e. The molecule has 4 heteroatoms. The molecule has 2 unspecified atom stereocenters. The zero-order valence-electron chi connectivity index (χ0n) is 9.68. The second kappa shape index (κ2) is 4.13. The predicted molar refractivity (Wildman–Crippen MR) is 71.3 cm³/mol. The van der Waals surface area contributed by atoms with Crippen molar-refractivity contribution in [1.29, 1.82) is 0 Å². The van der Waals surface area contributed by atoms with Gasteiger partial charge in [0.2, 0.25) is 0 Å². The fourth-order valence-corrected chi connectivity index (χ4v) is 3.09. The second-order valence-corrected chi connectivity index (χ2v) is 5.34. The first-order valence-corrected chi connectivity index (χ1v) is 6.64. The first kappa shape index (κ1) is 10.7. The Balaban J connectivity index is 1.88. The van der Waals surface area contributed by atoms with E-state index in [9.17, 15) is 0 Å². The summed E-state index contributed by atoms with van der Waals surface area (Å²) < 4.78 is 0. The molecule has 3 rings (SSSR count). The molecular formula is C13H15N3S. The Bertz CT molecular complexity index is 535. The summed E-state index contributed by atoms with van der Waals surface area (Å²) >= 11 is 1.64. The Labute approximate surface area is 105 Å². The number of nitrogens with zero attached hydrogens (tertiary/aromatic N) is 1. The van der Waals surface area contributed by atoms with Crippen LogP contribution in [0.3, 0.4) is 0 Å². The second-order valence-electron chi connectivity index (χ2n) is 4.48. The number of rotatable bonds is 2. The molecule has 1 aliphatic carbocycles. The van der Waals surface area contributed by atoms with E-state index in [2.05, 4.69) is 39.9 Å². The molecular weight excluding hydrogens is 230 g/mol. The molecule has 3 N–H and O–H groups in total. The molecule has 0 amide bonds. The van der Waals surface area contributed by atoms with Gasteiger partial charge in [-0.1, -0.05) is 24.3 Å². The number of nitrogens with two attached hydrogens (primary N) is 1. The number of anilines is 1. The van der Waals surface area contributed by atoms with Crippen molar-refractivity contribution >= 4 is 16.5 Å². The number of aromatic nitrogens is 1. The van der Waals surface area contributed by atoms with Gasteiger partial charge >= 0.3 is 0 Å². The Morgan fingerprint density at radius 3 is 3.00 bits per heavy atom. The van der Waals surface area contributed by atoms with Crippen molar-refractivity contribution in [3.63, 3.8) is 0 Å². The Morgan fingerprint density at radius 2 is 2.24 bits per heavy atom. The van der Waals surface area contributed by atoms with Gasteiger partial charge in [-0.3, -0.25) is 0 Å². The lowest BCUT2D eigenvalue weighted by Gasteiger charge is -2.17. The Kier molecular flexibility index (Phi) is 2.61. The number of fused-ring (bicyclic) bond motifs is 1. The van der Waals surface area contributed by atoms with Gasteiger partial charge in [0.05, 0.1) is 11.7 Å². The van der Waals surface area contributed by atoms with E-state index in [0.29, 0.717) is 0 Å². The van der Waals surface area contributed by atoms with Gasteiger partial charge in [0, 0.05) is 11.4 Å². The minimum Gasteiger partial charge on any atom is -0.353 e. The molecule has 2 atom stereocenters. The van der Waals surface area contributed by atoms with Gasteiger partial charge in [-0.2, -0.15) is 0 Å². The lowest BCUT2D eigenvalue weighted by Crippen LogP contribution is -2.29. The number of aryl methyl sites for hydroxylation is 1. The van der Waals surface area contributed by atoms with Crippen molar-refractivity contribution in [1.82, 2.24) is 4.98 Å². The van der Waals surface area contributed by atoms with Gasteiger partial charge in [-0.25, -0.2) is 4.98 Å². The van der Waals surface area contributed by atoms with Crippen molar-refractivity contribution in [3.05, 3.63) is 46.5 Å². The summed E-state index contributed by atoms with van der Waals surface area (Å²) in [5, 5.41) is 6.46. The predicted octanol–water partition coefficient (Wildman–Crippen LogP) is 2.49. The Hall–Kier alpha value is -1.39. The standard InChI is InChI=1S/C13H15N3S/c1-8-7-17-13(15-8)16-12-10-5-3-2-4-9(10)6-11(12)14/h2-5,7,11-12H,6,14H2,1H3,(H,15,16). The van der Waals surface area contributed by atoms with E-state index in [1.54, 1.807) is 11.3 Å². The molecule has 0 fully saturated rings. The van der Waals surface area contributed by atoms with Gasteiger partial charge in [-0.05, 0) is 24.5 Å². The molecule has 1 aromatic carbocycles. The highest BCUT2D eigenvalue weighted by Crippen LogP contribution is 2.33. The third-order valence-electron chi connectivity index (χ3n) is 3.17. The van der Waals surface area contributed by atoms with Gasteiger partial charge in [-0.15, -0.1) is 11.3 Å². The first-order valence-electron chi connectivity index (χ1n) is 5.76. The maximum Gasteiger partial charge on any atom is 0.183 e. The van der Waals surface area contributed by atoms with Crippen LogP contribution in [0.5, 0.6) is 0 Å². The summed E-state index contributed by atoms with van der Waals surface area (Å²) in [7, 11) is 0. The third-order valence-corrected chi connectivity index (χ3v) is 4.06. The van der Waals surface area contributed by atoms with Crippen LogP contribution in [0.1, 0.15) is 22.9 Å². The fourth-order valence-electron chi connectivity index (χ4n) is 2.36. The summed E-state index contributed by atoms with van der Waals surface area (Å²) in [6, 6.07) is 8.78.